The Morgan fingerprint density at radius 2 is 1.54 bits per heavy atom. The van der Waals surface area contributed by atoms with Crippen LogP contribution in [0.5, 0.6) is 5.75 Å². The minimum Gasteiger partial charge on any atom is -0.484 e. The molecule has 0 radical (unpaired) electrons. The molecule has 2 aromatic carbocycles. The number of carbonyl (C=O) groups excluding carboxylic acids is 3. The van der Waals surface area contributed by atoms with Crippen LogP contribution in [0, 0.1) is 0 Å². The number of carbonyl (C=O) groups is 3. The Kier molecular flexibility index (Phi) is 6.74. The van der Waals surface area contributed by atoms with Crippen LogP contribution in [0.2, 0.25) is 5.02 Å². The summed E-state index contributed by atoms with van der Waals surface area (Å²) in [5.41, 5.74) is 1.04. The summed E-state index contributed by atoms with van der Waals surface area (Å²) < 4.78 is 5.41. The fourth-order valence-electron chi connectivity index (χ4n) is 2.11. The van der Waals surface area contributed by atoms with Gasteiger partial charge < -0.3 is 15.0 Å². The summed E-state index contributed by atoms with van der Waals surface area (Å²) in [5, 5.41) is 3.01. The molecule has 0 saturated carbocycles. The summed E-state index contributed by atoms with van der Waals surface area (Å²) in [6, 6.07) is 13.1. The van der Waals surface area contributed by atoms with E-state index in [1.54, 1.807) is 48.5 Å². The van der Waals surface area contributed by atoms with Gasteiger partial charge in [0, 0.05) is 30.2 Å². The number of halogens is 1. The van der Waals surface area contributed by atoms with E-state index < -0.39 is 0 Å². The van der Waals surface area contributed by atoms with Gasteiger partial charge in [-0.1, -0.05) is 11.6 Å². The number of likely N-dealkylation sites (N-methyl/N-ethyl adjacent to an activating group) is 2. The number of ether oxygens (including phenoxy) is 1. The molecule has 0 unspecified atom stereocenters. The fourth-order valence-corrected chi connectivity index (χ4v) is 2.23. The van der Waals surface area contributed by atoms with Gasteiger partial charge in [0.05, 0.1) is 6.54 Å². The molecule has 0 fully saturated rings. The van der Waals surface area contributed by atoms with Gasteiger partial charge in [-0.2, -0.15) is 0 Å². The molecule has 6 nitrogen and oxygen atoms in total. The van der Waals surface area contributed by atoms with E-state index in [2.05, 4.69) is 5.32 Å². The highest BCUT2D eigenvalue weighted by molar-refractivity contribution is 6.30. The molecule has 0 aliphatic heterocycles. The third-order valence-corrected chi connectivity index (χ3v) is 3.92. The van der Waals surface area contributed by atoms with Gasteiger partial charge >= 0.3 is 0 Å². The van der Waals surface area contributed by atoms with Crippen molar-refractivity contribution >= 4 is 29.2 Å². The first-order chi connectivity index (χ1) is 12.4. The zero-order chi connectivity index (χ0) is 19.1. The molecule has 26 heavy (non-hydrogen) atoms. The first-order valence-corrected chi connectivity index (χ1v) is 8.26. The van der Waals surface area contributed by atoms with Gasteiger partial charge in [-0.3, -0.25) is 14.4 Å². The molecule has 2 amide bonds. The normalized spacial score (nSPS) is 10.1. The number of rotatable bonds is 7. The molecule has 0 atom stereocenters. The van der Waals surface area contributed by atoms with Crippen molar-refractivity contribution in [3.63, 3.8) is 0 Å². The molecule has 0 heterocycles. The molecule has 0 spiro atoms. The van der Waals surface area contributed by atoms with Gasteiger partial charge in [0.2, 0.25) is 5.91 Å². The number of nitrogens with one attached hydrogen (secondary N) is 1. The number of amides is 2. The molecular formula is C19H19ClN2O4. The second kappa shape index (κ2) is 9.01. The molecular weight excluding hydrogens is 356 g/mol. The Morgan fingerprint density at radius 3 is 2.08 bits per heavy atom. The second-order valence-corrected chi connectivity index (χ2v) is 6.01. The topological polar surface area (TPSA) is 75.7 Å². The molecule has 0 saturated heterocycles. The van der Waals surface area contributed by atoms with Crippen LogP contribution in [0.3, 0.4) is 0 Å². The number of ketones is 1. The standard InChI is InChI=1S/C19H19ClN2O4/c1-21-17(23)11-22(2)18(24)12-26-16-9-5-14(6-10-16)19(25)13-3-7-15(20)8-4-13/h3-10H,11-12H2,1-2H3,(H,21,23). The lowest BCUT2D eigenvalue weighted by Crippen LogP contribution is -2.39. The highest BCUT2D eigenvalue weighted by Gasteiger charge is 2.13. The van der Waals surface area contributed by atoms with Crippen molar-refractivity contribution in [1.82, 2.24) is 10.2 Å². The summed E-state index contributed by atoms with van der Waals surface area (Å²) in [5.74, 6) is -0.255. The lowest BCUT2D eigenvalue weighted by Gasteiger charge is -2.16. The van der Waals surface area contributed by atoms with E-state index in [9.17, 15) is 14.4 Å². The maximum absolute atomic E-state index is 12.4. The maximum atomic E-state index is 12.4. The van der Waals surface area contributed by atoms with Gasteiger partial charge in [0.1, 0.15) is 5.75 Å². The van der Waals surface area contributed by atoms with Crippen molar-refractivity contribution in [2.75, 3.05) is 27.2 Å². The zero-order valence-corrected chi connectivity index (χ0v) is 15.2. The first kappa shape index (κ1) is 19.5. The lowest BCUT2D eigenvalue weighted by atomic mass is 10.0. The van der Waals surface area contributed by atoms with E-state index in [0.29, 0.717) is 21.9 Å². The van der Waals surface area contributed by atoms with Crippen LogP contribution in [-0.4, -0.2) is 49.7 Å². The third-order valence-electron chi connectivity index (χ3n) is 3.67. The van der Waals surface area contributed by atoms with Crippen LogP contribution >= 0.6 is 11.6 Å². The largest absolute Gasteiger partial charge is 0.484 e. The zero-order valence-electron chi connectivity index (χ0n) is 14.5. The summed E-state index contributed by atoms with van der Waals surface area (Å²) in [6.45, 7) is -0.231. The quantitative estimate of drug-likeness (QED) is 0.753. The van der Waals surface area contributed by atoms with Crippen molar-refractivity contribution < 1.29 is 19.1 Å². The monoisotopic (exact) mass is 374 g/mol. The molecule has 0 bridgehead atoms. The second-order valence-electron chi connectivity index (χ2n) is 5.57. The molecule has 2 rings (SSSR count). The predicted octanol–water partition coefficient (Wildman–Crippen LogP) is 2.15. The average Bonchev–Trinajstić information content (AvgIpc) is 2.66. The van der Waals surface area contributed by atoms with Crippen molar-refractivity contribution in [3.05, 3.63) is 64.7 Å². The number of benzene rings is 2. The summed E-state index contributed by atoms with van der Waals surface area (Å²) in [7, 11) is 3.03. The summed E-state index contributed by atoms with van der Waals surface area (Å²) >= 11 is 5.82. The van der Waals surface area contributed by atoms with E-state index >= 15 is 0 Å². The van der Waals surface area contributed by atoms with E-state index in [0.717, 1.165) is 0 Å². The number of hydrogen-bond donors (Lipinski definition) is 1. The van der Waals surface area contributed by atoms with E-state index in [1.807, 2.05) is 0 Å². The SMILES string of the molecule is CNC(=O)CN(C)C(=O)COc1ccc(C(=O)c2ccc(Cl)cc2)cc1. The Bertz CT molecular complexity index is 788. The Morgan fingerprint density at radius 1 is 1.00 bits per heavy atom. The smallest absolute Gasteiger partial charge is 0.260 e. The van der Waals surface area contributed by atoms with E-state index in [1.165, 1.54) is 19.0 Å². The van der Waals surface area contributed by atoms with E-state index in [-0.39, 0.29) is 30.7 Å². The first-order valence-electron chi connectivity index (χ1n) is 7.88. The Hall–Kier alpha value is -2.86. The highest BCUT2D eigenvalue weighted by Crippen LogP contribution is 2.17. The summed E-state index contributed by atoms with van der Waals surface area (Å²) in [6.07, 6.45) is 0. The maximum Gasteiger partial charge on any atom is 0.260 e. The number of hydrogen-bond acceptors (Lipinski definition) is 4. The Labute approximate surface area is 156 Å². The minimum absolute atomic E-state index is 0.0345. The predicted molar refractivity (Wildman–Crippen MR) is 98.5 cm³/mol. The van der Waals surface area contributed by atoms with E-state index in [4.69, 9.17) is 16.3 Å². The van der Waals surface area contributed by atoms with Crippen LogP contribution in [-0.2, 0) is 9.59 Å². The van der Waals surface area contributed by atoms with Crippen LogP contribution in [0.15, 0.2) is 48.5 Å². The molecule has 0 aliphatic rings. The third kappa shape index (κ3) is 5.32. The van der Waals surface area contributed by atoms with Crippen molar-refractivity contribution in [1.29, 1.82) is 0 Å². The van der Waals surface area contributed by atoms with Crippen molar-refractivity contribution in [2.45, 2.75) is 0 Å². The van der Waals surface area contributed by atoms with Crippen LogP contribution in [0.4, 0.5) is 0 Å². The molecule has 7 heteroatoms. The highest BCUT2D eigenvalue weighted by atomic mass is 35.5. The van der Waals surface area contributed by atoms with Gasteiger partial charge in [-0.05, 0) is 48.5 Å². The number of nitrogens with zero attached hydrogens (tertiary/aromatic N) is 1. The lowest BCUT2D eigenvalue weighted by molar-refractivity contribution is -0.136. The van der Waals surface area contributed by atoms with Gasteiger partial charge in [0.25, 0.3) is 5.91 Å². The molecule has 2 aromatic rings. The van der Waals surface area contributed by atoms with Crippen molar-refractivity contribution in [2.24, 2.45) is 0 Å². The van der Waals surface area contributed by atoms with Gasteiger partial charge in [-0.15, -0.1) is 0 Å². The van der Waals surface area contributed by atoms with Crippen LogP contribution in [0.25, 0.3) is 0 Å². The molecule has 1 N–H and O–H groups in total. The minimum atomic E-state index is -0.324. The van der Waals surface area contributed by atoms with Crippen LogP contribution in [0.1, 0.15) is 15.9 Å². The summed E-state index contributed by atoms with van der Waals surface area (Å²) in [4.78, 5) is 36.8. The van der Waals surface area contributed by atoms with Crippen LogP contribution < -0.4 is 10.1 Å². The van der Waals surface area contributed by atoms with Gasteiger partial charge in [0.15, 0.2) is 12.4 Å². The average molecular weight is 375 g/mol. The van der Waals surface area contributed by atoms with Crippen molar-refractivity contribution in [3.8, 4) is 5.75 Å². The van der Waals surface area contributed by atoms with Gasteiger partial charge in [-0.25, -0.2) is 0 Å². The molecule has 136 valence electrons. The Balaban J connectivity index is 1.93. The molecule has 0 aliphatic carbocycles. The fraction of sp³-hybridized carbons (Fsp3) is 0.211. The molecule has 0 aromatic heterocycles.